The highest BCUT2D eigenvalue weighted by molar-refractivity contribution is 7.81. The molecule has 6 heteroatoms. The van der Waals surface area contributed by atoms with Crippen LogP contribution in [0.25, 0.3) is 0 Å². The zero-order valence-electron chi connectivity index (χ0n) is 6.34. The van der Waals surface area contributed by atoms with Crippen molar-refractivity contribution in [2.75, 3.05) is 0 Å². The fourth-order valence-corrected chi connectivity index (χ4v) is 1.03. The Balaban J connectivity index is 2.91. The van der Waals surface area contributed by atoms with Crippen LogP contribution in [0.3, 0.4) is 0 Å². The van der Waals surface area contributed by atoms with Gasteiger partial charge in [-0.3, -0.25) is 9.59 Å². The SMILES string of the molecule is Cn1cnnc1C(S)C(=O)C=O. The molecule has 0 amide bonds. The molecule has 0 fully saturated rings. The van der Waals surface area contributed by atoms with Crippen LogP contribution >= 0.6 is 12.6 Å². The first-order chi connectivity index (χ1) is 5.66. The van der Waals surface area contributed by atoms with Gasteiger partial charge in [0.25, 0.3) is 0 Å². The quantitative estimate of drug-likeness (QED) is 0.393. The summed E-state index contributed by atoms with van der Waals surface area (Å²) in [5.74, 6) is -0.245. The van der Waals surface area contributed by atoms with Gasteiger partial charge >= 0.3 is 0 Å². The molecular formula is C6H7N3O2S. The molecule has 0 aromatic carbocycles. The van der Waals surface area contributed by atoms with Gasteiger partial charge in [0.2, 0.25) is 5.78 Å². The lowest BCUT2D eigenvalue weighted by Gasteiger charge is -2.02. The summed E-state index contributed by atoms with van der Waals surface area (Å²) in [5.41, 5.74) is 0. The number of aldehydes is 1. The molecule has 64 valence electrons. The summed E-state index contributed by atoms with van der Waals surface area (Å²) in [5, 5.41) is 6.39. The van der Waals surface area contributed by atoms with Gasteiger partial charge in [-0.25, -0.2) is 0 Å². The minimum atomic E-state index is -0.810. The lowest BCUT2D eigenvalue weighted by atomic mass is 10.3. The van der Waals surface area contributed by atoms with E-state index in [2.05, 4.69) is 22.8 Å². The van der Waals surface area contributed by atoms with E-state index in [4.69, 9.17) is 0 Å². The zero-order chi connectivity index (χ0) is 9.14. The minimum Gasteiger partial charge on any atom is -0.319 e. The van der Waals surface area contributed by atoms with E-state index in [9.17, 15) is 9.59 Å². The normalized spacial score (nSPS) is 12.5. The second kappa shape index (κ2) is 3.48. The molecule has 5 nitrogen and oxygen atoms in total. The predicted molar refractivity (Wildman–Crippen MR) is 43.8 cm³/mol. The lowest BCUT2D eigenvalue weighted by molar-refractivity contribution is -0.129. The predicted octanol–water partition coefficient (Wildman–Crippen LogP) is -0.446. The van der Waals surface area contributed by atoms with Crippen molar-refractivity contribution in [3.05, 3.63) is 12.2 Å². The third-order valence-corrected chi connectivity index (χ3v) is 1.86. The molecule has 0 aliphatic rings. The van der Waals surface area contributed by atoms with E-state index in [0.29, 0.717) is 5.82 Å². The van der Waals surface area contributed by atoms with Crippen LogP contribution in [0.2, 0.25) is 0 Å². The number of carbonyl (C=O) groups is 2. The van der Waals surface area contributed by atoms with Gasteiger partial charge in [-0.2, -0.15) is 12.6 Å². The van der Waals surface area contributed by atoms with Crippen LogP contribution < -0.4 is 0 Å². The summed E-state index contributed by atoms with van der Waals surface area (Å²) in [6.07, 6.45) is 1.67. The number of thiol groups is 1. The van der Waals surface area contributed by atoms with Gasteiger partial charge < -0.3 is 4.57 Å². The zero-order valence-corrected chi connectivity index (χ0v) is 7.23. The number of hydrogen-bond donors (Lipinski definition) is 1. The highest BCUT2D eigenvalue weighted by Crippen LogP contribution is 2.16. The van der Waals surface area contributed by atoms with Crippen LogP contribution in [-0.4, -0.2) is 26.8 Å². The van der Waals surface area contributed by atoms with Crippen LogP contribution in [0.15, 0.2) is 6.33 Å². The summed E-state index contributed by atoms with van der Waals surface area (Å²) < 4.78 is 1.54. The lowest BCUT2D eigenvalue weighted by Crippen LogP contribution is -2.12. The van der Waals surface area contributed by atoms with E-state index < -0.39 is 11.0 Å². The molecule has 0 bridgehead atoms. The summed E-state index contributed by atoms with van der Waals surface area (Å²) in [7, 11) is 1.68. The van der Waals surface area contributed by atoms with Gasteiger partial charge in [-0.1, -0.05) is 0 Å². The van der Waals surface area contributed by atoms with Crippen LogP contribution in [0.5, 0.6) is 0 Å². The molecule has 0 N–H and O–H groups in total. The molecule has 0 aliphatic heterocycles. The summed E-state index contributed by atoms with van der Waals surface area (Å²) >= 11 is 3.93. The standard InChI is InChI=1S/C6H7N3O2S/c1-9-3-7-8-6(9)5(12)4(11)2-10/h2-3,5,12H,1H3. The summed E-state index contributed by atoms with van der Waals surface area (Å²) in [6.45, 7) is 0. The molecule has 12 heavy (non-hydrogen) atoms. The van der Waals surface area contributed by atoms with Gasteiger partial charge in [-0.15, -0.1) is 10.2 Å². The molecule has 1 rings (SSSR count). The number of hydrogen-bond acceptors (Lipinski definition) is 5. The second-order valence-electron chi connectivity index (χ2n) is 2.22. The Morgan fingerprint density at radius 1 is 1.83 bits per heavy atom. The fraction of sp³-hybridized carbons (Fsp3) is 0.333. The number of aromatic nitrogens is 3. The molecule has 0 spiro atoms. The Bertz CT molecular complexity index is 309. The number of carbonyl (C=O) groups excluding carboxylic acids is 2. The molecule has 0 saturated carbocycles. The van der Waals surface area contributed by atoms with E-state index in [1.165, 1.54) is 6.33 Å². The van der Waals surface area contributed by atoms with Crippen molar-refractivity contribution in [3.8, 4) is 0 Å². The Hall–Kier alpha value is -1.17. The van der Waals surface area contributed by atoms with Crippen molar-refractivity contribution in [1.82, 2.24) is 14.8 Å². The average molecular weight is 185 g/mol. The minimum absolute atomic E-state index is 0.229. The van der Waals surface area contributed by atoms with Crippen molar-refractivity contribution in [2.24, 2.45) is 7.05 Å². The first-order valence-corrected chi connectivity index (χ1v) is 3.69. The van der Waals surface area contributed by atoms with E-state index in [-0.39, 0.29) is 6.29 Å². The maximum Gasteiger partial charge on any atom is 0.215 e. The highest BCUT2D eigenvalue weighted by atomic mass is 32.1. The smallest absolute Gasteiger partial charge is 0.215 e. The topological polar surface area (TPSA) is 64.8 Å². The number of nitrogens with zero attached hydrogens (tertiary/aromatic N) is 3. The van der Waals surface area contributed by atoms with Gasteiger partial charge in [0.05, 0.1) is 0 Å². The first kappa shape index (κ1) is 8.92. The van der Waals surface area contributed by atoms with E-state index in [1.807, 2.05) is 0 Å². The van der Waals surface area contributed by atoms with Gasteiger partial charge in [0, 0.05) is 7.05 Å². The third kappa shape index (κ3) is 1.53. The number of aryl methyl sites for hydroxylation is 1. The van der Waals surface area contributed by atoms with Crippen molar-refractivity contribution in [1.29, 1.82) is 0 Å². The molecular weight excluding hydrogens is 178 g/mol. The Kier molecular flexibility index (Phi) is 2.59. The van der Waals surface area contributed by atoms with E-state index in [1.54, 1.807) is 11.6 Å². The molecule has 1 aromatic rings. The van der Waals surface area contributed by atoms with Crippen LogP contribution in [0, 0.1) is 0 Å². The van der Waals surface area contributed by atoms with E-state index >= 15 is 0 Å². The van der Waals surface area contributed by atoms with Crippen LogP contribution in [-0.2, 0) is 16.6 Å². The first-order valence-electron chi connectivity index (χ1n) is 3.17. The number of rotatable bonds is 3. The van der Waals surface area contributed by atoms with Crippen LogP contribution in [0.1, 0.15) is 11.1 Å². The van der Waals surface area contributed by atoms with Crippen LogP contribution in [0.4, 0.5) is 0 Å². The molecule has 0 aliphatic carbocycles. The fourth-order valence-electron chi connectivity index (χ4n) is 0.731. The molecule has 1 unspecified atom stereocenters. The second-order valence-corrected chi connectivity index (χ2v) is 2.74. The van der Waals surface area contributed by atoms with Gasteiger partial charge in [0.15, 0.2) is 12.1 Å². The maximum atomic E-state index is 10.8. The molecule has 1 atom stereocenters. The molecule has 1 heterocycles. The van der Waals surface area contributed by atoms with Crippen molar-refractivity contribution >= 4 is 24.7 Å². The van der Waals surface area contributed by atoms with E-state index in [0.717, 1.165) is 0 Å². The molecule has 0 saturated heterocycles. The number of Topliss-reactive ketones (excluding diaryl/α,β-unsaturated/α-hetero) is 1. The average Bonchev–Trinajstić information content (AvgIpc) is 2.48. The van der Waals surface area contributed by atoms with Gasteiger partial charge in [-0.05, 0) is 0 Å². The van der Waals surface area contributed by atoms with Crippen molar-refractivity contribution in [3.63, 3.8) is 0 Å². The van der Waals surface area contributed by atoms with Gasteiger partial charge in [0.1, 0.15) is 11.6 Å². The highest BCUT2D eigenvalue weighted by Gasteiger charge is 2.19. The summed E-state index contributed by atoms with van der Waals surface area (Å²) in [4.78, 5) is 20.9. The van der Waals surface area contributed by atoms with Crippen molar-refractivity contribution in [2.45, 2.75) is 5.25 Å². The Morgan fingerprint density at radius 3 is 2.92 bits per heavy atom. The monoisotopic (exact) mass is 185 g/mol. The third-order valence-electron chi connectivity index (χ3n) is 1.38. The number of ketones is 1. The Labute approximate surface area is 74.2 Å². The summed E-state index contributed by atoms with van der Waals surface area (Å²) in [6, 6.07) is 0. The maximum absolute atomic E-state index is 10.8. The van der Waals surface area contributed by atoms with Crippen molar-refractivity contribution < 1.29 is 9.59 Å². The molecule has 1 aromatic heterocycles. The Morgan fingerprint density at radius 2 is 2.50 bits per heavy atom. The largest absolute Gasteiger partial charge is 0.319 e. The molecule has 0 radical (unpaired) electrons.